The van der Waals surface area contributed by atoms with Gasteiger partial charge in [0.25, 0.3) is 0 Å². The van der Waals surface area contributed by atoms with Crippen molar-refractivity contribution in [3.8, 4) is 5.69 Å². The number of anilines is 1. The molecule has 134 valence electrons. The molecule has 2 aromatic heterocycles. The van der Waals surface area contributed by atoms with Gasteiger partial charge in [-0.15, -0.1) is 0 Å². The molecule has 2 aliphatic rings. The highest BCUT2D eigenvalue weighted by atomic mass is 35.5. The van der Waals surface area contributed by atoms with Crippen LogP contribution in [0.1, 0.15) is 0 Å². The molecule has 9 heteroatoms. The second kappa shape index (κ2) is 6.15. The number of nitrogens with zero attached hydrogens (tertiary/aromatic N) is 4. The minimum absolute atomic E-state index is 0.108. The van der Waals surface area contributed by atoms with Crippen molar-refractivity contribution in [2.45, 2.75) is 12.1 Å². The molecular formula is C17H15ClFN5O2. The minimum atomic E-state index is -0.467. The van der Waals surface area contributed by atoms with E-state index in [4.69, 9.17) is 21.1 Å². The Hall–Kier alpha value is -2.29. The molecule has 2 saturated heterocycles. The van der Waals surface area contributed by atoms with E-state index in [1.165, 1.54) is 17.1 Å². The number of fused-ring (bicyclic) bond motifs is 2. The van der Waals surface area contributed by atoms with Crippen LogP contribution >= 0.6 is 11.6 Å². The third-order valence-corrected chi connectivity index (χ3v) is 5.14. The molecule has 0 spiro atoms. The summed E-state index contributed by atoms with van der Waals surface area (Å²) in [4.78, 5) is 8.62. The molecule has 0 saturated carbocycles. The first-order valence-electron chi connectivity index (χ1n) is 8.31. The van der Waals surface area contributed by atoms with Crippen LogP contribution in [0, 0.1) is 11.7 Å². The Morgan fingerprint density at radius 1 is 1.23 bits per heavy atom. The normalized spacial score (nSPS) is 24.9. The van der Waals surface area contributed by atoms with Crippen LogP contribution in [0.25, 0.3) is 16.7 Å². The van der Waals surface area contributed by atoms with Crippen molar-refractivity contribution in [3.05, 3.63) is 41.6 Å². The van der Waals surface area contributed by atoms with E-state index in [2.05, 4.69) is 20.4 Å². The van der Waals surface area contributed by atoms with Gasteiger partial charge in [-0.3, -0.25) is 0 Å². The highest BCUT2D eigenvalue weighted by Crippen LogP contribution is 2.31. The maximum atomic E-state index is 14.3. The summed E-state index contributed by atoms with van der Waals surface area (Å²) in [5, 5.41) is 8.75. The van der Waals surface area contributed by atoms with Gasteiger partial charge in [-0.25, -0.2) is 19.0 Å². The quantitative estimate of drug-likeness (QED) is 0.758. The van der Waals surface area contributed by atoms with Gasteiger partial charge in [0.05, 0.1) is 43.5 Å². The smallest absolute Gasteiger partial charge is 0.168 e. The van der Waals surface area contributed by atoms with Crippen molar-refractivity contribution in [3.63, 3.8) is 0 Å². The molecule has 0 radical (unpaired) electrons. The molecule has 2 fully saturated rings. The lowest BCUT2D eigenvalue weighted by Crippen LogP contribution is -2.30. The SMILES string of the molecule is Fc1cc(Cl)ccc1-n1ncc2c(N[C@@H]3CO[C@H]4COC[C@H]43)ncnc21. The van der Waals surface area contributed by atoms with Crippen LogP contribution in [0.2, 0.25) is 5.02 Å². The predicted octanol–water partition coefficient (Wildman–Crippen LogP) is 2.43. The molecule has 0 bridgehead atoms. The van der Waals surface area contributed by atoms with E-state index in [1.54, 1.807) is 18.3 Å². The first-order valence-corrected chi connectivity index (χ1v) is 8.68. The van der Waals surface area contributed by atoms with Crippen LogP contribution in [0.5, 0.6) is 0 Å². The summed E-state index contributed by atoms with van der Waals surface area (Å²) in [7, 11) is 0. The first kappa shape index (κ1) is 15.9. The largest absolute Gasteiger partial charge is 0.378 e. The van der Waals surface area contributed by atoms with Crippen molar-refractivity contribution in [2.75, 3.05) is 25.1 Å². The van der Waals surface area contributed by atoms with Gasteiger partial charge < -0.3 is 14.8 Å². The van der Waals surface area contributed by atoms with Crippen molar-refractivity contribution < 1.29 is 13.9 Å². The number of halogens is 2. The van der Waals surface area contributed by atoms with Gasteiger partial charge in [0, 0.05) is 10.9 Å². The van der Waals surface area contributed by atoms with Crippen LogP contribution in [-0.2, 0) is 9.47 Å². The summed E-state index contributed by atoms with van der Waals surface area (Å²) in [5.74, 6) is 0.478. The number of ether oxygens (including phenoxy) is 2. The van der Waals surface area contributed by atoms with E-state index in [0.717, 1.165) is 0 Å². The maximum Gasteiger partial charge on any atom is 0.168 e. The van der Waals surface area contributed by atoms with Crippen LogP contribution in [0.15, 0.2) is 30.7 Å². The molecule has 0 amide bonds. The lowest BCUT2D eigenvalue weighted by molar-refractivity contribution is 0.0698. The van der Waals surface area contributed by atoms with Crippen LogP contribution in [0.4, 0.5) is 10.2 Å². The second-order valence-electron chi connectivity index (χ2n) is 6.44. The van der Waals surface area contributed by atoms with Crippen LogP contribution in [-0.4, -0.2) is 51.7 Å². The zero-order valence-electron chi connectivity index (χ0n) is 13.6. The molecule has 7 nitrogen and oxygen atoms in total. The highest BCUT2D eigenvalue weighted by Gasteiger charge is 2.41. The zero-order chi connectivity index (χ0) is 17.7. The van der Waals surface area contributed by atoms with E-state index < -0.39 is 5.82 Å². The first-order chi connectivity index (χ1) is 12.7. The zero-order valence-corrected chi connectivity index (χ0v) is 14.4. The fourth-order valence-corrected chi connectivity index (χ4v) is 3.72. The van der Waals surface area contributed by atoms with Crippen molar-refractivity contribution in [1.29, 1.82) is 0 Å². The van der Waals surface area contributed by atoms with Gasteiger partial charge in [0.2, 0.25) is 0 Å². The van der Waals surface area contributed by atoms with E-state index in [-0.39, 0.29) is 17.8 Å². The predicted molar refractivity (Wildman–Crippen MR) is 93.1 cm³/mol. The second-order valence-corrected chi connectivity index (χ2v) is 6.87. The lowest BCUT2D eigenvalue weighted by atomic mass is 10.0. The third kappa shape index (κ3) is 2.53. The minimum Gasteiger partial charge on any atom is -0.378 e. The Morgan fingerprint density at radius 3 is 3.04 bits per heavy atom. The third-order valence-electron chi connectivity index (χ3n) is 4.90. The summed E-state index contributed by atoms with van der Waals surface area (Å²) in [6.07, 6.45) is 3.20. The summed E-state index contributed by atoms with van der Waals surface area (Å²) in [6.45, 7) is 1.91. The molecule has 5 rings (SSSR count). The number of nitrogens with one attached hydrogen (secondary N) is 1. The summed E-state index contributed by atoms with van der Waals surface area (Å²) < 4.78 is 27.0. The van der Waals surface area contributed by atoms with Crippen molar-refractivity contribution in [1.82, 2.24) is 19.7 Å². The molecule has 3 atom stereocenters. The highest BCUT2D eigenvalue weighted by molar-refractivity contribution is 6.30. The number of rotatable bonds is 3. The number of hydrogen-bond acceptors (Lipinski definition) is 6. The van der Waals surface area contributed by atoms with Gasteiger partial charge in [0.15, 0.2) is 5.65 Å². The standard InChI is InChI=1S/C17H15ClFN5O2/c18-9-1-2-14(12(19)3-9)24-17-10(4-22-24)16(20-8-21-17)23-13-6-26-15-7-25-5-11(13)15/h1-4,8,11,13,15H,5-7H2,(H,20,21,23)/t11-,13+,15-/m0/s1. The topological polar surface area (TPSA) is 74.1 Å². The Balaban J connectivity index is 1.51. The Labute approximate surface area is 153 Å². The fourth-order valence-electron chi connectivity index (χ4n) is 3.56. The fraction of sp³-hybridized carbons (Fsp3) is 0.353. The average Bonchev–Trinajstić information content (AvgIpc) is 3.32. The van der Waals surface area contributed by atoms with Gasteiger partial charge >= 0.3 is 0 Å². The number of aromatic nitrogens is 4. The monoisotopic (exact) mass is 375 g/mol. The molecule has 3 aromatic rings. The molecule has 0 unspecified atom stereocenters. The molecule has 1 aromatic carbocycles. The molecule has 2 aliphatic heterocycles. The molecule has 4 heterocycles. The Kier molecular flexibility index (Phi) is 3.77. The van der Waals surface area contributed by atoms with E-state index in [0.29, 0.717) is 47.6 Å². The lowest BCUT2D eigenvalue weighted by Gasteiger charge is -2.17. The molecule has 1 N–H and O–H groups in total. The van der Waals surface area contributed by atoms with E-state index in [1.807, 2.05) is 0 Å². The van der Waals surface area contributed by atoms with Crippen molar-refractivity contribution in [2.24, 2.45) is 5.92 Å². The van der Waals surface area contributed by atoms with Gasteiger partial charge in [0.1, 0.15) is 23.6 Å². The van der Waals surface area contributed by atoms with E-state index >= 15 is 0 Å². The number of benzene rings is 1. The summed E-state index contributed by atoms with van der Waals surface area (Å²) in [6, 6.07) is 4.55. The van der Waals surface area contributed by atoms with Gasteiger partial charge in [-0.1, -0.05) is 11.6 Å². The van der Waals surface area contributed by atoms with Crippen LogP contribution < -0.4 is 5.32 Å². The van der Waals surface area contributed by atoms with E-state index in [9.17, 15) is 4.39 Å². The Morgan fingerprint density at radius 2 is 2.15 bits per heavy atom. The van der Waals surface area contributed by atoms with Gasteiger partial charge in [-0.05, 0) is 18.2 Å². The Bertz CT molecular complexity index is 981. The number of hydrogen-bond donors (Lipinski definition) is 1. The summed E-state index contributed by atoms with van der Waals surface area (Å²) >= 11 is 5.83. The summed E-state index contributed by atoms with van der Waals surface area (Å²) in [5.41, 5.74) is 0.796. The average molecular weight is 376 g/mol. The molecule has 26 heavy (non-hydrogen) atoms. The maximum absolute atomic E-state index is 14.3. The van der Waals surface area contributed by atoms with Crippen molar-refractivity contribution >= 4 is 28.5 Å². The van der Waals surface area contributed by atoms with Crippen LogP contribution in [0.3, 0.4) is 0 Å². The molecular weight excluding hydrogens is 361 g/mol. The van der Waals surface area contributed by atoms with Gasteiger partial charge in [-0.2, -0.15) is 5.10 Å². The molecule has 0 aliphatic carbocycles.